The lowest BCUT2D eigenvalue weighted by atomic mass is 10.2. The van der Waals surface area contributed by atoms with Crippen molar-refractivity contribution in [2.45, 2.75) is 0 Å². The largest absolute Gasteiger partial charge is 0.149 e. The van der Waals surface area contributed by atoms with Crippen molar-refractivity contribution in [3.05, 3.63) is 206 Å². The predicted molar refractivity (Wildman–Crippen MR) is 217 cm³/mol. The van der Waals surface area contributed by atoms with Crippen LogP contribution < -0.4 is 41.9 Å². The van der Waals surface area contributed by atoms with E-state index in [0.29, 0.717) is 0 Å². The van der Waals surface area contributed by atoms with Crippen LogP contribution >= 0.6 is 22.1 Å². The fourth-order valence-corrected chi connectivity index (χ4v) is 23.6. The van der Waals surface area contributed by atoms with Crippen molar-refractivity contribution in [1.29, 1.82) is 0 Å². The summed E-state index contributed by atoms with van der Waals surface area (Å²) in [5, 5.41) is 14.5. The average molecular weight is 671 g/mol. The number of hydrogen-bond donors (Lipinski definition) is 0. The molecule has 8 rings (SSSR count). The molecule has 230 valence electrons. The molecule has 48 heavy (non-hydrogen) atoms. The van der Waals surface area contributed by atoms with E-state index in [1.165, 1.54) is 42.6 Å². The minimum Gasteiger partial charge on any atom is -0.0620 e. The summed E-state index contributed by atoms with van der Waals surface area (Å²) in [7, 11) is -5.46. The fourth-order valence-electron chi connectivity index (χ4n) is 7.68. The van der Waals surface area contributed by atoms with E-state index in [0.717, 1.165) is 0 Å². The zero-order valence-electron chi connectivity index (χ0n) is 27.0. The van der Waals surface area contributed by atoms with Gasteiger partial charge in [-0.1, -0.05) is 121 Å². The van der Waals surface area contributed by atoms with E-state index < -0.39 is 22.1 Å². The molecular weight excluding hydrogens is 633 g/mol. The third-order valence-corrected chi connectivity index (χ3v) is 23.1. The summed E-state index contributed by atoms with van der Waals surface area (Å²) in [6, 6.07) is 77.7. The molecule has 0 N–H and O–H groups in total. The van der Waals surface area contributed by atoms with Gasteiger partial charge in [0, 0.05) is 10.8 Å². The van der Waals surface area contributed by atoms with E-state index in [2.05, 4.69) is 213 Å². The highest BCUT2D eigenvalue weighted by Crippen LogP contribution is 2.65. The van der Waals surface area contributed by atoms with Crippen molar-refractivity contribution in [2.24, 2.45) is 6.66 Å². The summed E-state index contributed by atoms with van der Waals surface area (Å²) in [6.07, 6.45) is 0. The molecule has 0 aliphatic rings. The van der Waals surface area contributed by atoms with Gasteiger partial charge in [-0.15, -0.1) is 0 Å². The van der Waals surface area contributed by atoms with Gasteiger partial charge in [-0.05, 0) is 99.1 Å². The Morgan fingerprint density at radius 1 is 0.271 bits per heavy atom. The van der Waals surface area contributed by atoms with Crippen LogP contribution in [-0.2, 0) is 6.66 Å². The first-order valence-electron chi connectivity index (χ1n) is 16.5. The quantitative estimate of drug-likeness (QED) is 0.142. The van der Waals surface area contributed by atoms with E-state index >= 15 is 0 Å². The average Bonchev–Trinajstić information content (AvgIpc) is 3.47. The number of fused-ring (bicyclic) bond motifs is 1. The Bertz CT molecular complexity index is 1910. The van der Waals surface area contributed by atoms with E-state index in [9.17, 15) is 0 Å². The van der Waals surface area contributed by atoms with Crippen molar-refractivity contribution in [2.75, 3.05) is 0 Å². The van der Waals surface area contributed by atoms with Gasteiger partial charge in [0.15, 0.2) is 0 Å². The lowest BCUT2D eigenvalue weighted by Gasteiger charge is -2.30. The molecule has 0 bridgehead atoms. The summed E-state index contributed by atoms with van der Waals surface area (Å²) >= 11 is 0. The second kappa shape index (κ2) is 13.2. The first-order valence-corrected chi connectivity index (χ1v) is 21.8. The van der Waals surface area contributed by atoms with Gasteiger partial charge in [0.05, 0.1) is 0 Å². The van der Waals surface area contributed by atoms with Crippen molar-refractivity contribution in [1.82, 2.24) is 0 Å². The Morgan fingerprint density at radius 2 is 0.458 bits per heavy atom. The molecule has 0 saturated carbocycles. The second-order valence-corrected chi connectivity index (χ2v) is 21.5. The first-order chi connectivity index (χ1) is 23.8. The number of benzene rings is 7. The molecular formula is C45H37P3+2. The third kappa shape index (κ3) is 4.83. The Hall–Kier alpha value is -4.56. The van der Waals surface area contributed by atoms with Gasteiger partial charge in [-0.2, -0.15) is 0 Å². The maximum atomic E-state index is 2.58. The highest BCUT2D eigenvalue weighted by molar-refractivity contribution is 8.12. The van der Waals surface area contributed by atoms with Gasteiger partial charge in [-0.3, -0.25) is 0 Å². The Morgan fingerprint density at radius 3 is 0.667 bits per heavy atom. The van der Waals surface area contributed by atoms with Crippen molar-refractivity contribution < 1.29 is 0 Å². The highest BCUT2D eigenvalue weighted by Gasteiger charge is 2.56. The maximum Gasteiger partial charge on any atom is 0.149 e. The van der Waals surface area contributed by atoms with Crippen molar-refractivity contribution >= 4 is 74.7 Å². The molecule has 0 aliphatic carbocycles. The topological polar surface area (TPSA) is 0 Å². The van der Waals surface area contributed by atoms with Crippen molar-refractivity contribution in [3.63, 3.8) is 0 Å². The zero-order chi connectivity index (χ0) is 32.4. The molecule has 0 radical (unpaired) electrons. The molecule has 7 aromatic carbocycles. The SMILES string of the molecule is Cp1c([P+](c2ccccc2)(c2ccccc2)c2ccccc2)c2ccccc2c1[P+](c1ccccc1)(c1ccccc1)c1ccccc1. The van der Waals surface area contributed by atoms with Crippen LogP contribution in [0, 0.1) is 0 Å². The van der Waals surface area contributed by atoms with E-state index in [1.807, 2.05) is 0 Å². The second-order valence-electron chi connectivity index (χ2n) is 12.1. The maximum absolute atomic E-state index is 2.58. The lowest BCUT2D eigenvalue weighted by Crippen LogP contribution is -2.39. The Balaban J connectivity index is 1.62. The van der Waals surface area contributed by atoms with Gasteiger partial charge in [-0.25, -0.2) is 0 Å². The minimum absolute atomic E-state index is 0.804. The molecule has 3 heteroatoms. The molecule has 0 saturated heterocycles. The zero-order valence-corrected chi connectivity index (χ0v) is 29.7. The Kier molecular flexibility index (Phi) is 8.43. The van der Waals surface area contributed by atoms with E-state index in [-0.39, 0.29) is 0 Å². The van der Waals surface area contributed by atoms with Crippen LogP contribution in [0.15, 0.2) is 206 Å². The van der Waals surface area contributed by atoms with Gasteiger partial charge < -0.3 is 0 Å². The minimum atomic E-state index is -2.33. The van der Waals surface area contributed by atoms with E-state index in [4.69, 9.17) is 0 Å². The molecule has 0 spiro atoms. The predicted octanol–water partition coefficient (Wildman–Crippen LogP) is 8.60. The molecule has 8 aromatic rings. The van der Waals surface area contributed by atoms with Gasteiger partial charge in [0.2, 0.25) is 0 Å². The van der Waals surface area contributed by atoms with Crippen LogP contribution in [0.25, 0.3) is 10.8 Å². The van der Waals surface area contributed by atoms with Crippen LogP contribution in [0.5, 0.6) is 0 Å². The normalized spacial score (nSPS) is 11.9. The summed E-state index contributed by atoms with van der Waals surface area (Å²) in [5.74, 6) is 0. The van der Waals surface area contributed by atoms with Gasteiger partial charge >= 0.3 is 0 Å². The Labute approximate surface area is 286 Å². The summed E-state index contributed by atoms with van der Waals surface area (Å²) in [4.78, 5) is 0. The molecule has 0 amide bonds. The first kappa shape index (κ1) is 30.8. The molecule has 0 unspecified atom stereocenters. The molecule has 1 aromatic heterocycles. The monoisotopic (exact) mass is 670 g/mol. The molecule has 1 heterocycles. The molecule has 0 nitrogen and oxygen atoms in total. The number of hydrogen-bond acceptors (Lipinski definition) is 0. The molecule has 0 fully saturated rings. The fraction of sp³-hybridized carbons (Fsp3) is 0.0222. The van der Waals surface area contributed by atoms with Crippen molar-refractivity contribution in [3.8, 4) is 0 Å². The summed E-state index contributed by atoms with van der Waals surface area (Å²) < 4.78 is 0. The standard InChI is InChI=1S/C45H37P3/c1-46-44(47(36-22-8-2-9-23-36,37-24-10-3-11-25-37)38-26-12-4-13-27-38)42-34-20-21-35-43(42)45(46)48(39-28-14-5-15-29-39,40-30-16-6-17-31-40)41-32-18-7-19-33-41/h2-35H,1H3/q+2. The lowest BCUT2D eigenvalue weighted by molar-refractivity contribution is 1.72. The summed E-state index contributed by atoms with van der Waals surface area (Å²) in [5.41, 5.74) is 0. The smallest absolute Gasteiger partial charge is 0.0620 e. The van der Waals surface area contributed by atoms with Crippen LogP contribution in [0.1, 0.15) is 0 Å². The number of rotatable bonds is 8. The van der Waals surface area contributed by atoms with Crippen LogP contribution in [0.4, 0.5) is 0 Å². The van der Waals surface area contributed by atoms with E-state index in [1.54, 1.807) is 10.1 Å². The van der Waals surface area contributed by atoms with Crippen LogP contribution in [0.3, 0.4) is 0 Å². The van der Waals surface area contributed by atoms with Gasteiger partial charge in [0.1, 0.15) is 56.4 Å². The van der Waals surface area contributed by atoms with Crippen LogP contribution in [0.2, 0.25) is 0 Å². The summed E-state index contributed by atoms with van der Waals surface area (Å²) in [6.45, 7) is 2.58. The molecule has 0 aliphatic heterocycles. The van der Waals surface area contributed by atoms with Crippen LogP contribution in [-0.4, -0.2) is 0 Å². The van der Waals surface area contributed by atoms with Gasteiger partial charge in [0.25, 0.3) is 0 Å². The highest BCUT2D eigenvalue weighted by atomic mass is 31.2. The molecule has 0 atom stereocenters. The third-order valence-electron chi connectivity index (χ3n) is 9.54.